The highest BCUT2D eigenvalue weighted by atomic mass is 14.3. The lowest BCUT2D eigenvalue weighted by atomic mass is 9.75. The van der Waals surface area contributed by atoms with Crippen LogP contribution in [-0.2, 0) is 0 Å². The van der Waals surface area contributed by atoms with Gasteiger partial charge >= 0.3 is 0 Å². The van der Waals surface area contributed by atoms with Crippen molar-refractivity contribution >= 4 is 0 Å². The van der Waals surface area contributed by atoms with E-state index >= 15 is 0 Å². The van der Waals surface area contributed by atoms with E-state index in [-0.39, 0.29) is 0 Å². The average molecular weight is 164 g/mol. The van der Waals surface area contributed by atoms with Crippen molar-refractivity contribution in [2.24, 2.45) is 11.8 Å². The Kier molecular flexibility index (Phi) is 2.86. The van der Waals surface area contributed by atoms with Gasteiger partial charge in [0, 0.05) is 0 Å². The lowest BCUT2D eigenvalue weighted by Crippen LogP contribution is -2.18. The smallest absolute Gasteiger partial charge is 0.0319 e. The van der Waals surface area contributed by atoms with Gasteiger partial charge in [0.25, 0.3) is 0 Å². The van der Waals surface area contributed by atoms with Gasteiger partial charge in [0.15, 0.2) is 0 Å². The molecule has 0 spiro atoms. The number of hydrogen-bond donors (Lipinski definition) is 0. The fourth-order valence-corrected chi connectivity index (χ4v) is 2.85. The van der Waals surface area contributed by atoms with Gasteiger partial charge in [-0.25, -0.2) is 0 Å². The van der Waals surface area contributed by atoms with Crippen LogP contribution in [0, 0.1) is 11.8 Å². The van der Waals surface area contributed by atoms with Crippen molar-refractivity contribution in [3.8, 4) is 0 Å². The Balaban J connectivity index is 1.85. The Morgan fingerprint density at radius 1 is 0.750 bits per heavy atom. The predicted octanol–water partition coefficient (Wildman–Crippen LogP) is 3.92. The van der Waals surface area contributed by atoms with Crippen LogP contribution in [0.1, 0.15) is 51.4 Å². The van der Waals surface area contributed by atoms with Crippen molar-refractivity contribution < 1.29 is 0 Å². The van der Waals surface area contributed by atoms with Crippen LogP contribution >= 0.6 is 0 Å². The van der Waals surface area contributed by atoms with Crippen molar-refractivity contribution in [3.63, 3.8) is 0 Å². The second kappa shape index (κ2) is 4.11. The van der Waals surface area contributed by atoms with Crippen LogP contribution in [-0.4, -0.2) is 0 Å². The average Bonchev–Trinajstić information content (AvgIpc) is 2.21. The minimum absolute atomic E-state index is 1.05. The highest BCUT2D eigenvalue weighted by Gasteiger charge is 2.22. The second-order valence-electron chi connectivity index (χ2n) is 4.44. The van der Waals surface area contributed by atoms with Crippen LogP contribution < -0.4 is 0 Å². The first kappa shape index (κ1) is 8.34. The molecular weight excluding hydrogens is 144 g/mol. The van der Waals surface area contributed by atoms with E-state index in [0.717, 1.165) is 11.8 Å². The maximum absolute atomic E-state index is 2.41. The molecule has 0 aromatic carbocycles. The third-order valence-corrected chi connectivity index (χ3v) is 3.63. The van der Waals surface area contributed by atoms with Gasteiger partial charge in [0.2, 0.25) is 0 Å². The van der Waals surface area contributed by atoms with Gasteiger partial charge in [0.1, 0.15) is 0 Å². The van der Waals surface area contributed by atoms with Gasteiger partial charge in [-0.15, -0.1) is 0 Å². The third-order valence-electron chi connectivity index (χ3n) is 3.63. The number of allylic oxidation sites excluding steroid dienone is 2. The molecule has 0 aromatic rings. The Hall–Kier alpha value is -0.260. The van der Waals surface area contributed by atoms with E-state index in [1.165, 1.54) is 51.4 Å². The maximum atomic E-state index is 2.41. The van der Waals surface area contributed by atoms with Gasteiger partial charge in [-0.1, -0.05) is 44.3 Å². The van der Waals surface area contributed by atoms with E-state index in [1.54, 1.807) is 0 Å². The second-order valence-corrected chi connectivity index (χ2v) is 4.44. The van der Waals surface area contributed by atoms with Crippen LogP contribution in [0.4, 0.5) is 0 Å². The monoisotopic (exact) mass is 164 g/mol. The molecule has 2 aliphatic rings. The third kappa shape index (κ3) is 1.91. The molecule has 1 saturated carbocycles. The summed E-state index contributed by atoms with van der Waals surface area (Å²) in [5.41, 5.74) is 0. The summed E-state index contributed by atoms with van der Waals surface area (Å²) in [7, 11) is 0. The standard InChI is InChI=1S/C12H20/c1-3-7-11(8-4-1)12-9-5-2-6-10-12/h1,3,11-12H,2,4-10H2/t11-/m0/s1. The molecule has 0 amide bonds. The van der Waals surface area contributed by atoms with Crippen LogP contribution in [0.15, 0.2) is 12.2 Å². The number of rotatable bonds is 1. The molecule has 0 saturated heterocycles. The molecule has 2 aliphatic carbocycles. The zero-order valence-corrected chi connectivity index (χ0v) is 7.97. The molecule has 0 aliphatic heterocycles. The topological polar surface area (TPSA) is 0 Å². The van der Waals surface area contributed by atoms with Crippen LogP contribution in [0.5, 0.6) is 0 Å². The summed E-state index contributed by atoms with van der Waals surface area (Å²) in [6.07, 6.45) is 16.5. The Morgan fingerprint density at radius 2 is 1.58 bits per heavy atom. The zero-order chi connectivity index (χ0) is 8.23. The molecule has 0 radical (unpaired) electrons. The van der Waals surface area contributed by atoms with E-state index in [2.05, 4.69) is 12.2 Å². The highest BCUT2D eigenvalue weighted by Crippen LogP contribution is 2.35. The van der Waals surface area contributed by atoms with Crippen LogP contribution in [0.25, 0.3) is 0 Å². The van der Waals surface area contributed by atoms with E-state index < -0.39 is 0 Å². The van der Waals surface area contributed by atoms with E-state index in [9.17, 15) is 0 Å². The van der Waals surface area contributed by atoms with Crippen molar-refractivity contribution in [3.05, 3.63) is 12.2 Å². The quantitative estimate of drug-likeness (QED) is 0.515. The van der Waals surface area contributed by atoms with Crippen molar-refractivity contribution in [1.29, 1.82) is 0 Å². The predicted molar refractivity (Wildman–Crippen MR) is 53.1 cm³/mol. The van der Waals surface area contributed by atoms with Gasteiger partial charge in [-0.05, 0) is 31.1 Å². The van der Waals surface area contributed by atoms with Crippen molar-refractivity contribution in [1.82, 2.24) is 0 Å². The normalized spacial score (nSPS) is 32.2. The molecule has 0 bridgehead atoms. The van der Waals surface area contributed by atoms with Crippen molar-refractivity contribution in [2.45, 2.75) is 51.4 Å². The van der Waals surface area contributed by atoms with Crippen molar-refractivity contribution in [2.75, 3.05) is 0 Å². The molecule has 0 aromatic heterocycles. The fourth-order valence-electron chi connectivity index (χ4n) is 2.85. The molecule has 0 unspecified atom stereocenters. The molecule has 0 N–H and O–H groups in total. The lowest BCUT2D eigenvalue weighted by Gasteiger charge is -2.30. The molecule has 12 heavy (non-hydrogen) atoms. The summed E-state index contributed by atoms with van der Waals surface area (Å²) in [5.74, 6) is 2.14. The first-order valence-corrected chi connectivity index (χ1v) is 5.62. The van der Waals surface area contributed by atoms with Gasteiger partial charge in [-0.3, -0.25) is 0 Å². The minimum Gasteiger partial charge on any atom is -0.0885 e. The Morgan fingerprint density at radius 3 is 2.25 bits per heavy atom. The van der Waals surface area contributed by atoms with E-state index in [0.29, 0.717) is 0 Å². The largest absolute Gasteiger partial charge is 0.0885 e. The molecule has 2 rings (SSSR count). The summed E-state index contributed by atoms with van der Waals surface area (Å²) in [6.45, 7) is 0. The summed E-state index contributed by atoms with van der Waals surface area (Å²) in [6, 6.07) is 0. The summed E-state index contributed by atoms with van der Waals surface area (Å²) in [5, 5.41) is 0. The van der Waals surface area contributed by atoms with E-state index in [1.807, 2.05) is 0 Å². The van der Waals surface area contributed by atoms with Gasteiger partial charge in [0.05, 0.1) is 0 Å². The first-order valence-electron chi connectivity index (χ1n) is 5.62. The summed E-state index contributed by atoms with van der Waals surface area (Å²) < 4.78 is 0. The van der Waals surface area contributed by atoms with Gasteiger partial charge < -0.3 is 0 Å². The Bertz CT molecular complexity index is 151. The SMILES string of the molecule is C1=CC[C@H](C2CCCCC2)CC1. The van der Waals surface area contributed by atoms with Crippen LogP contribution in [0.2, 0.25) is 0 Å². The first-order chi connectivity index (χ1) is 5.97. The molecule has 0 nitrogen and oxygen atoms in total. The van der Waals surface area contributed by atoms with Crippen LogP contribution in [0.3, 0.4) is 0 Å². The minimum atomic E-state index is 1.05. The summed E-state index contributed by atoms with van der Waals surface area (Å²) in [4.78, 5) is 0. The molecule has 0 heterocycles. The number of hydrogen-bond acceptors (Lipinski definition) is 0. The zero-order valence-electron chi connectivity index (χ0n) is 7.97. The Labute approximate surface area is 76.1 Å². The lowest BCUT2D eigenvalue weighted by molar-refractivity contribution is 0.234. The molecule has 68 valence electrons. The highest BCUT2D eigenvalue weighted by molar-refractivity contribution is 4.92. The fraction of sp³-hybridized carbons (Fsp3) is 0.833. The molecule has 0 heteroatoms. The maximum Gasteiger partial charge on any atom is -0.0319 e. The summed E-state index contributed by atoms with van der Waals surface area (Å²) >= 11 is 0. The molecule has 1 fully saturated rings. The molecular formula is C12H20. The molecule has 1 atom stereocenters. The van der Waals surface area contributed by atoms with E-state index in [4.69, 9.17) is 0 Å². The van der Waals surface area contributed by atoms with Gasteiger partial charge in [-0.2, -0.15) is 0 Å².